The molecule has 0 radical (unpaired) electrons. The molecule has 0 saturated carbocycles. The molecule has 7 nitrogen and oxygen atoms in total. The summed E-state index contributed by atoms with van der Waals surface area (Å²) in [6.45, 7) is 3.64. The third-order valence-electron chi connectivity index (χ3n) is 5.11. The molecule has 3 rings (SSSR count). The number of carbonyl (C=O) groups is 1. The maximum Gasteiger partial charge on any atom is 0.243 e. The molecule has 0 N–H and O–H groups in total. The lowest BCUT2D eigenvalue weighted by Gasteiger charge is -2.37. The number of aryl methyl sites for hydroxylation is 1. The van der Waals surface area contributed by atoms with Crippen LogP contribution in [0.25, 0.3) is 0 Å². The molecule has 0 bridgehead atoms. The molecule has 0 spiro atoms. The average molecular weight is 436 g/mol. The summed E-state index contributed by atoms with van der Waals surface area (Å²) < 4.78 is 44.4. The minimum Gasteiger partial charge on any atom is -0.495 e. The molecule has 1 fully saturated rings. The van der Waals surface area contributed by atoms with Crippen molar-refractivity contribution in [3.63, 3.8) is 0 Å². The van der Waals surface area contributed by atoms with Gasteiger partial charge in [0.15, 0.2) is 0 Å². The van der Waals surface area contributed by atoms with Crippen LogP contribution in [-0.4, -0.2) is 65.3 Å². The van der Waals surface area contributed by atoms with Crippen molar-refractivity contribution in [1.29, 1.82) is 0 Å². The lowest BCUT2D eigenvalue weighted by molar-refractivity contribution is -0.129. The predicted molar refractivity (Wildman–Crippen MR) is 115 cm³/mol. The summed E-state index contributed by atoms with van der Waals surface area (Å²) in [5.74, 6) is -0.178. The van der Waals surface area contributed by atoms with E-state index in [1.807, 2.05) is 13.0 Å². The van der Waals surface area contributed by atoms with Gasteiger partial charge in [-0.3, -0.25) is 9.10 Å². The molecule has 0 atom stereocenters. The molecule has 2 aromatic carbocycles. The maximum atomic E-state index is 13.1. The first-order valence-corrected chi connectivity index (χ1v) is 11.4. The number of rotatable bonds is 6. The van der Waals surface area contributed by atoms with E-state index in [2.05, 4.69) is 4.90 Å². The van der Waals surface area contributed by atoms with Crippen molar-refractivity contribution in [3.8, 4) is 5.75 Å². The van der Waals surface area contributed by atoms with Gasteiger partial charge in [0.05, 0.1) is 19.1 Å². The standard InChI is InChI=1S/C21H26FN3O4S/c1-16-4-9-20(29-2)19(14-16)25(30(3,27)28)15-21(26)24-12-10-23(11-13-24)18-7-5-17(22)6-8-18/h4-9,14H,10-13,15H2,1-3H3. The lowest BCUT2D eigenvalue weighted by Crippen LogP contribution is -2.52. The zero-order chi connectivity index (χ0) is 21.9. The van der Waals surface area contributed by atoms with Gasteiger partial charge < -0.3 is 14.5 Å². The van der Waals surface area contributed by atoms with Crippen LogP contribution in [0, 0.1) is 12.7 Å². The van der Waals surface area contributed by atoms with Crippen molar-refractivity contribution >= 4 is 27.3 Å². The molecule has 0 unspecified atom stereocenters. The van der Waals surface area contributed by atoms with E-state index in [0.717, 1.165) is 21.8 Å². The second-order valence-corrected chi connectivity index (χ2v) is 9.20. The third kappa shape index (κ3) is 5.02. The highest BCUT2D eigenvalue weighted by molar-refractivity contribution is 7.92. The van der Waals surface area contributed by atoms with Gasteiger partial charge in [-0.05, 0) is 48.9 Å². The summed E-state index contributed by atoms with van der Waals surface area (Å²) >= 11 is 0. The second-order valence-electron chi connectivity index (χ2n) is 7.29. The van der Waals surface area contributed by atoms with Crippen LogP contribution in [0.15, 0.2) is 42.5 Å². The van der Waals surface area contributed by atoms with Gasteiger partial charge in [-0.1, -0.05) is 6.07 Å². The quantitative estimate of drug-likeness (QED) is 0.696. The normalized spacial score (nSPS) is 14.5. The Labute approximate surface area is 176 Å². The molecule has 0 aromatic heterocycles. The number of sulfonamides is 1. The fourth-order valence-electron chi connectivity index (χ4n) is 3.46. The first-order chi connectivity index (χ1) is 14.2. The van der Waals surface area contributed by atoms with Gasteiger partial charge in [0.25, 0.3) is 0 Å². The molecule has 2 aromatic rings. The Morgan fingerprint density at radius 3 is 2.30 bits per heavy atom. The van der Waals surface area contributed by atoms with Crippen molar-refractivity contribution in [2.24, 2.45) is 0 Å². The van der Waals surface area contributed by atoms with Gasteiger partial charge in [0.1, 0.15) is 18.1 Å². The molecular formula is C21H26FN3O4S. The molecule has 30 heavy (non-hydrogen) atoms. The number of ether oxygens (including phenoxy) is 1. The van der Waals surface area contributed by atoms with Crippen molar-refractivity contribution in [3.05, 3.63) is 53.8 Å². The highest BCUT2D eigenvalue weighted by Gasteiger charge is 2.28. The fraction of sp³-hybridized carbons (Fsp3) is 0.381. The number of carbonyl (C=O) groups excluding carboxylic acids is 1. The van der Waals surface area contributed by atoms with E-state index in [1.165, 1.54) is 19.2 Å². The van der Waals surface area contributed by atoms with E-state index < -0.39 is 10.0 Å². The molecule has 162 valence electrons. The zero-order valence-corrected chi connectivity index (χ0v) is 18.2. The molecular weight excluding hydrogens is 409 g/mol. The smallest absolute Gasteiger partial charge is 0.243 e. The van der Waals surface area contributed by atoms with Gasteiger partial charge in [-0.2, -0.15) is 0 Å². The molecule has 1 aliphatic heterocycles. The maximum absolute atomic E-state index is 13.1. The van der Waals surface area contributed by atoms with Crippen LogP contribution in [0.4, 0.5) is 15.8 Å². The number of amides is 1. The third-order valence-corrected chi connectivity index (χ3v) is 6.23. The van der Waals surface area contributed by atoms with Crippen LogP contribution in [-0.2, 0) is 14.8 Å². The Morgan fingerprint density at radius 2 is 1.73 bits per heavy atom. The Kier molecular flexibility index (Phi) is 6.50. The summed E-state index contributed by atoms with van der Waals surface area (Å²) in [6, 6.07) is 11.4. The van der Waals surface area contributed by atoms with Gasteiger partial charge in [-0.25, -0.2) is 12.8 Å². The number of anilines is 2. The van der Waals surface area contributed by atoms with Gasteiger partial charge in [0.2, 0.25) is 15.9 Å². The molecule has 1 aliphatic rings. The number of hydrogen-bond donors (Lipinski definition) is 0. The van der Waals surface area contributed by atoms with E-state index in [1.54, 1.807) is 29.2 Å². The second kappa shape index (κ2) is 8.91. The summed E-state index contributed by atoms with van der Waals surface area (Å²) in [5, 5.41) is 0. The number of hydrogen-bond acceptors (Lipinski definition) is 5. The average Bonchev–Trinajstić information content (AvgIpc) is 2.71. The Balaban J connectivity index is 1.72. The molecule has 1 amide bonds. The zero-order valence-electron chi connectivity index (χ0n) is 17.3. The molecule has 9 heteroatoms. The minimum absolute atomic E-state index is 0.275. The highest BCUT2D eigenvalue weighted by atomic mass is 32.2. The lowest BCUT2D eigenvalue weighted by atomic mass is 10.2. The van der Waals surface area contributed by atoms with E-state index in [4.69, 9.17) is 4.74 Å². The van der Waals surface area contributed by atoms with Crippen molar-refractivity contribution in [1.82, 2.24) is 4.90 Å². The molecule has 1 saturated heterocycles. The molecule has 0 aliphatic carbocycles. The van der Waals surface area contributed by atoms with Gasteiger partial charge in [0, 0.05) is 31.9 Å². The first-order valence-electron chi connectivity index (χ1n) is 9.59. The van der Waals surface area contributed by atoms with Crippen LogP contribution >= 0.6 is 0 Å². The minimum atomic E-state index is -3.70. The van der Waals surface area contributed by atoms with Crippen LogP contribution in [0.1, 0.15) is 5.56 Å². The van der Waals surface area contributed by atoms with Crippen molar-refractivity contribution < 1.29 is 22.3 Å². The van der Waals surface area contributed by atoms with E-state index >= 15 is 0 Å². The van der Waals surface area contributed by atoms with Crippen LogP contribution in [0.5, 0.6) is 5.75 Å². The Morgan fingerprint density at radius 1 is 1.10 bits per heavy atom. The first kappa shape index (κ1) is 21.9. The van der Waals surface area contributed by atoms with Gasteiger partial charge >= 0.3 is 0 Å². The number of nitrogens with zero attached hydrogens (tertiary/aromatic N) is 3. The number of benzene rings is 2. The number of halogens is 1. The van der Waals surface area contributed by atoms with E-state index in [9.17, 15) is 17.6 Å². The summed E-state index contributed by atoms with van der Waals surface area (Å²) in [6.07, 6.45) is 1.08. The Hall–Kier alpha value is -2.81. The summed E-state index contributed by atoms with van der Waals surface area (Å²) in [4.78, 5) is 16.6. The highest BCUT2D eigenvalue weighted by Crippen LogP contribution is 2.31. The monoisotopic (exact) mass is 435 g/mol. The van der Waals surface area contributed by atoms with Gasteiger partial charge in [-0.15, -0.1) is 0 Å². The Bertz CT molecular complexity index is 1000. The van der Waals surface area contributed by atoms with Crippen molar-refractivity contribution in [2.75, 3.05) is 55.3 Å². The largest absolute Gasteiger partial charge is 0.495 e. The topological polar surface area (TPSA) is 70.2 Å². The predicted octanol–water partition coefficient (Wildman–Crippen LogP) is 2.26. The van der Waals surface area contributed by atoms with Crippen LogP contribution < -0.4 is 13.9 Å². The number of piperazine rings is 1. The summed E-state index contributed by atoms with van der Waals surface area (Å²) in [5.41, 5.74) is 2.10. The fourth-order valence-corrected chi connectivity index (χ4v) is 4.31. The SMILES string of the molecule is COc1ccc(C)cc1N(CC(=O)N1CCN(c2ccc(F)cc2)CC1)S(C)(=O)=O. The molecule has 1 heterocycles. The van der Waals surface area contributed by atoms with E-state index in [-0.39, 0.29) is 18.3 Å². The van der Waals surface area contributed by atoms with E-state index in [0.29, 0.717) is 37.6 Å². The summed E-state index contributed by atoms with van der Waals surface area (Å²) in [7, 11) is -2.24. The van der Waals surface area contributed by atoms with Crippen LogP contribution in [0.2, 0.25) is 0 Å². The van der Waals surface area contributed by atoms with Crippen molar-refractivity contribution in [2.45, 2.75) is 6.92 Å². The van der Waals surface area contributed by atoms with Crippen LogP contribution in [0.3, 0.4) is 0 Å². The number of methoxy groups -OCH3 is 1.